The van der Waals surface area contributed by atoms with Crippen molar-refractivity contribution in [2.24, 2.45) is 4.99 Å². The van der Waals surface area contributed by atoms with Gasteiger partial charge in [-0.2, -0.15) is 0 Å². The lowest BCUT2D eigenvalue weighted by molar-refractivity contribution is 0.213. The number of hydrogen-bond donors (Lipinski definition) is 0. The number of rotatable bonds is 4. The first-order valence-electron chi connectivity index (χ1n) is 4.97. The summed E-state index contributed by atoms with van der Waals surface area (Å²) in [6.07, 6.45) is 5.09. The highest BCUT2D eigenvalue weighted by molar-refractivity contribution is 5.77. The van der Waals surface area contributed by atoms with E-state index < -0.39 is 0 Å². The van der Waals surface area contributed by atoms with Crippen molar-refractivity contribution < 1.29 is 4.74 Å². The van der Waals surface area contributed by atoms with E-state index in [9.17, 15) is 0 Å². The van der Waals surface area contributed by atoms with Gasteiger partial charge in [-0.15, -0.1) is 0 Å². The Kier molecular flexibility index (Phi) is 3.57. The monoisotopic (exact) mass is 169 g/mol. The molecule has 0 aliphatic carbocycles. The molecular weight excluding hydrogens is 150 g/mol. The molecule has 0 bridgehead atoms. The Hall–Kier alpha value is -0.530. The molecule has 0 fully saturated rings. The number of hydrogen-bond acceptors (Lipinski definition) is 2. The molecule has 0 saturated carbocycles. The third kappa shape index (κ3) is 2.50. The highest BCUT2D eigenvalue weighted by atomic mass is 16.5. The van der Waals surface area contributed by atoms with E-state index >= 15 is 0 Å². The summed E-state index contributed by atoms with van der Waals surface area (Å²) in [6, 6.07) is 0.363. The predicted octanol–water partition coefficient (Wildman–Crippen LogP) is 2.77. The number of unbranched alkanes of at least 4 members (excludes halogenated alkanes) is 2. The van der Waals surface area contributed by atoms with Gasteiger partial charge in [-0.3, -0.25) is 0 Å². The Labute approximate surface area is 75.0 Å². The minimum Gasteiger partial charge on any atom is -0.476 e. The minimum atomic E-state index is 0.293. The van der Waals surface area contributed by atoms with Crippen LogP contribution in [0.3, 0.4) is 0 Å². The lowest BCUT2D eigenvalue weighted by Gasteiger charge is -2.07. The molecule has 0 aromatic carbocycles. The molecule has 1 aliphatic heterocycles. The van der Waals surface area contributed by atoms with Gasteiger partial charge in [0.2, 0.25) is 0 Å². The summed E-state index contributed by atoms with van der Waals surface area (Å²) in [5.74, 6) is 0.975. The summed E-state index contributed by atoms with van der Waals surface area (Å²) in [6.45, 7) is 6.40. The largest absolute Gasteiger partial charge is 0.476 e. The molecular formula is C10H19NO. The second kappa shape index (κ2) is 4.48. The summed E-state index contributed by atoms with van der Waals surface area (Å²) < 4.78 is 5.57. The molecule has 12 heavy (non-hydrogen) atoms. The molecule has 1 aliphatic rings. The summed E-state index contributed by atoms with van der Waals surface area (Å²) in [7, 11) is 0. The molecule has 2 atom stereocenters. The van der Waals surface area contributed by atoms with Gasteiger partial charge in [0.15, 0.2) is 5.90 Å². The van der Waals surface area contributed by atoms with Gasteiger partial charge >= 0.3 is 0 Å². The zero-order valence-electron chi connectivity index (χ0n) is 8.34. The van der Waals surface area contributed by atoms with Gasteiger partial charge in [-0.05, 0) is 20.3 Å². The van der Waals surface area contributed by atoms with Crippen LogP contribution in [-0.2, 0) is 4.74 Å². The Morgan fingerprint density at radius 2 is 2.08 bits per heavy atom. The molecule has 70 valence electrons. The van der Waals surface area contributed by atoms with Gasteiger partial charge in [-0.25, -0.2) is 4.99 Å². The van der Waals surface area contributed by atoms with Crippen LogP contribution >= 0.6 is 0 Å². The molecule has 0 aromatic rings. The average Bonchev–Trinajstić information content (AvgIpc) is 2.32. The first-order chi connectivity index (χ1) is 5.74. The quantitative estimate of drug-likeness (QED) is 0.593. The molecule has 0 spiro atoms. The smallest absolute Gasteiger partial charge is 0.183 e. The summed E-state index contributed by atoms with van der Waals surface area (Å²) in [5.41, 5.74) is 0. The van der Waals surface area contributed by atoms with Crippen molar-refractivity contribution in [3.05, 3.63) is 0 Å². The number of aliphatic imine (C=N–C) groups is 1. The fourth-order valence-electron chi connectivity index (χ4n) is 1.33. The van der Waals surface area contributed by atoms with Gasteiger partial charge < -0.3 is 4.74 Å². The zero-order valence-corrected chi connectivity index (χ0v) is 8.34. The second-order valence-corrected chi connectivity index (χ2v) is 3.54. The predicted molar refractivity (Wildman–Crippen MR) is 51.6 cm³/mol. The molecule has 2 unspecified atom stereocenters. The van der Waals surface area contributed by atoms with Crippen molar-refractivity contribution in [3.63, 3.8) is 0 Å². The van der Waals surface area contributed by atoms with E-state index in [-0.39, 0.29) is 0 Å². The minimum absolute atomic E-state index is 0.293. The van der Waals surface area contributed by atoms with Crippen LogP contribution < -0.4 is 0 Å². The Bertz CT molecular complexity index is 165. The van der Waals surface area contributed by atoms with Crippen LogP contribution in [-0.4, -0.2) is 18.0 Å². The Morgan fingerprint density at radius 3 is 2.58 bits per heavy atom. The fourth-order valence-corrected chi connectivity index (χ4v) is 1.33. The Balaban J connectivity index is 2.21. The average molecular weight is 169 g/mol. The van der Waals surface area contributed by atoms with E-state index in [1.807, 2.05) is 0 Å². The number of nitrogens with zero attached hydrogens (tertiary/aromatic N) is 1. The molecule has 1 rings (SSSR count). The van der Waals surface area contributed by atoms with Gasteiger partial charge in [0.25, 0.3) is 0 Å². The van der Waals surface area contributed by atoms with Crippen LogP contribution in [0.2, 0.25) is 0 Å². The van der Waals surface area contributed by atoms with Crippen molar-refractivity contribution in [1.29, 1.82) is 0 Å². The maximum absolute atomic E-state index is 5.57. The zero-order chi connectivity index (χ0) is 8.97. The third-order valence-electron chi connectivity index (χ3n) is 2.34. The van der Waals surface area contributed by atoms with Crippen LogP contribution in [0.25, 0.3) is 0 Å². The maximum atomic E-state index is 5.57. The molecule has 0 aromatic heterocycles. The van der Waals surface area contributed by atoms with Crippen molar-refractivity contribution in [2.75, 3.05) is 0 Å². The van der Waals surface area contributed by atoms with Crippen molar-refractivity contribution in [1.82, 2.24) is 0 Å². The van der Waals surface area contributed by atoms with Gasteiger partial charge in [-0.1, -0.05) is 19.8 Å². The van der Waals surface area contributed by atoms with E-state index in [1.165, 1.54) is 19.3 Å². The molecule has 2 nitrogen and oxygen atoms in total. The second-order valence-electron chi connectivity index (χ2n) is 3.54. The first-order valence-corrected chi connectivity index (χ1v) is 4.97. The summed E-state index contributed by atoms with van der Waals surface area (Å²) >= 11 is 0. The van der Waals surface area contributed by atoms with Crippen LogP contribution in [0.15, 0.2) is 4.99 Å². The van der Waals surface area contributed by atoms with Crippen molar-refractivity contribution >= 4 is 5.90 Å². The number of ether oxygens (including phenoxy) is 1. The molecule has 2 heteroatoms. The van der Waals surface area contributed by atoms with Crippen molar-refractivity contribution in [2.45, 2.75) is 58.6 Å². The normalized spacial score (nSPS) is 28.4. The molecule has 0 radical (unpaired) electrons. The van der Waals surface area contributed by atoms with Crippen LogP contribution in [0.1, 0.15) is 46.5 Å². The van der Waals surface area contributed by atoms with Crippen LogP contribution in [0.5, 0.6) is 0 Å². The molecule has 0 N–H and O–H groups in total. The van der Waals surface area contributed by atoms with E-state index in [0.717, 1.165) is 12.3 Å². The molecule has 1 heterocycles. The van der Waals surface area contributed by atoms with Crippen LogP contribution in [0, 0.1) is 0 Å². The van der Waals surface area contributed by atoms with Gasteiger partial charge in [0.05, 0.1) is 6.04 Å². The van der Waals surface area contributed by atoms with Gasteiger partial charge in [0.1, 0.15) is 6.10 Å². The standard InChI is InChI=1S/C10H19NO/c1-4-5-6-7-10-11-8(2)9(3)12-10/h8-9H,4-7H2,1-3H3. The van der Waals surface area contributed by atoms with Crippen molar-refractivity contribution in [3.8, 4) is 0 Å². The lowest BCUT2D eigenvalue weighted by atomic mass is 10.2. The van der Waals surface area contributed by atoms with Crippen LogP contribution in [0.4, 0.5) is 0 Å². The molecule has 0 amide bonds. The summed E-state index contributed by atoms with van der Waals surface area (Å²) in [4.78, 5) is 4.44. The highest BCUT2D eigenvalue weighted by Crippen LogP contribution is 2.15. The summed E-state index contributed by atoms with van der Waals surface area (Å²) in [5, 5.41) is 0. The van der Waals surface area contributed by atoms with E-state index in [2.05, 4.69) is 25.8 Å². The SMILES string of the molecule is CCCCCC1=NC(C)C(C)O1. The first kappa shape index (κ1) is 9.56. The maximum Gasteiger partial charge on any atom is 0.183 e. The van der Waals surface area contributed by atoms with E-state index in [0.29, 0.717) is 12.1 Å². The van der Waals surface area contributed by atoms with E-state index in [1.54, 1.807) is 0 Å². The fraction of sp³-hybridized carbons (Fsp3) is 0.900. The van der Waals surface area contributed by atoms with Gasteiger partial charge in [0, 0.05) is 6.42 Å². The topological polar surface area (TPSA) is 21.6 Å². The lowest BCUT2D eigenvalue weighted by Crippen LogP contribution is -2.14. The van der Waals surface area contributed by atoms with E-state index in [4.69, 9.17) is 4.74 Å². The highest BCUT2D eigenvalue weighted by Gasteiger charge is 2.21. The third-order valence-corrected chi connectivity index (χ3v) is 2.34. The Morgan fingerprint density at radius 1 is 1.33 bits per heavy atom. The molecule has 0 saturated heterocycles.